The van der Waals surface area contributed by atoms with Crippen LogP contribution in [0, 0.1) is 5.92 Å². The van der Waals surface area contributed by atoms with Crippen molar-refractivity contribution in [3.63, 3.8) is 0 Å². The number of hydrogen-bond acceptors (Lipinski definition) is 7. The van der Waals surface area contributed by atoms with E-state index in [-0.39, 0.29) is 11.0 Å². The molecule has 42 heavy (non-hydrogen) atoms. The van der Waals surface area contributed by atoms with E-state index in [0.717, 1.165) is 68.3 Å². The van der Waals surface area contributed by atoms with Crippen LogP contribution in [0.3, 0.4) is 0 Å². The number of halogens is 3. The van der Waals surface area contributed by atoms with E-state index in [0.29, 0.717) is 47.8 Å². The van der Waals surface area contributed by atoms with Gasteiger partial charge in [0.05, 0.1) is 11.4 Å². The highest BCUT2D eigenvalue weighted by molar-refractivity contribution is 7.09. The van der Waals surface area contributed by atoms with Gasteiger partial charge in [-0.1, -0.05) is 63.8 Å². The Hall–Kier alpha value is -3.18. The monoisotopic (exact) mass is 602 g/mol. The van der Waals surface area contributed by atoms with Gasteiger partial charge in [0.2, 0.25) is 11.0 Å². The summed E-state index contributed by atoms with van der Waals surface area (Å²) in [5.41, 5.74) is 9.18. The predicted octanol–water partition coefficient (Wildman–Crippen LogP) is 7.62. The molecule has 11 heteroatoms. The Labute approximate surface area is 250 Å². The number of amides is 1. The number of hydrogen-bond donors (Lipinski definition) is 3. The average molecular weight is 603 g/mol. The van der Waals surface area contributed by atoms with Crippen molar-refractivity contribution in [1.82, 2.24) is 14.7 Å². The molecule has 0 radical (unpaired) electrons. The summed E-state index contributed by atoms with van der Waals surface area (Å²) in [5.74, 6) is -0.945. The molecule has 0 unspecified atom stereocenters. The second-order valence-electron chi connectivity index (χ2n) is 11.3. The Bertz CT molecular complexity index is 1310. The van der Waals surface area contributed by atoms with E-state index in [1.165, 1.54) is 6.42 Å². The van der Waals surface area contributed by atoms with Gasteiger partial charge >= 0.3 is 6.18 Å². The normalized spacial score (nSPS) is 14.3. The summed E-state index contributed by atoms with van der Waals surface area (Å²) in [4.78, 5) is 19.3. The summed E-state index contributed by atoms with van der Waals surface area (Å²) in [6.45, 7) is 6.34. The van der Waals surface area contributed by atoms with Crippen LogP contribution in [0.5, 0.6) is 0 Å². The molecule has 1 aromatic heterocycles. The summed E-state index contributed by atoms with van der Waals surface area (Å²) >= 11 is 0.683. The molecular weight excluding hydrogens is 561 g/mol. The van der Waals surface area contributed by atoms with Crippen LogP contribution in [0.4, 0.5) is 29.7 Å². The number of unbranched alkanes of at least 4 members (excludes halogenated alkanes) is 2. The third-order valence-corrected chi connectivity index (χ3v) is 8.08. The van der Waals surface area contributed by atoms with Gasteiger partial charge < -0.3 is 21.3 Å². The lowest BCUT2D eigenvalue weighted by Gasteiger charge is -2.38. The molecule has 4 N–H and O–H groups in total. The fraction of sp³-hybridized carbons (Fsp3) is 0.516. The summed E-state index contributed by atoms with van der Waals surface area (Å²) in [5, 5.41) is 6.24. The standard InChI is InChI=1S/C31H41F3N6OS/c1-21(2)20-40(23-11-5-3-6-12-23)27-16-15-22(19-26(27)37-30-38-29(39-42-30)31(32,33)34)24-13-7-8-14-25(24)28(41)36-18-10-4-9-17-35/h7-8,13-16,19,21,23H,3-6,9-12,17-18,20,35H2,1-2H3,(H,36,41)(H,37,38,39). The SMILES string of the molecule is CC(C)CN(c1ccc(-c2ccccc2C(=O)NCCCCCN)cc1Nc1nc(C(F)(F)F)ns1)C1CCCCC1. The first-order chi connectivity index (χ1) is 20.2. The van der Waals surface area contributed by atoms with E-state index < -0.39 is 12.0 Å². The van der Waals surface area contributed by atoms with Crippen LogP contribution < -0.4 is 21.3 Å². The summed E-state index contributed by atoms with van der Waals surface area (Å²) < 4.78 is 43.4. The smallest absolute Gasteiger partial charge is 0.367 e. The Morgan fingerprint density at radius 3 is 2.55 bits per heavy atom. The van der Waals surface area contributed by atoms with Crippen LogP contribution in [0.15, 0.2) is 42.5 Å². The number of anilines is 3. The minimum Gasteiger partial charge on any atom is -0.367 e. The van der Waals surface area contributed by atoms with Crippen molar-refractivity contribution in [1.29, 1.82) is 0 Å². The molecule has 0 bridgehead atoms. The van der Waals surface area contributed by atoms with Crippen molar-refractivity contribution >= 4 is 33.9 Å². The molecule has 1 saturated carbocycles. The molecule has 1 aliphatic rings. The van der Waals surface area contributed by atoms with Crippen LogP contribution >= 0.6 is 11.5 Å². The summed E-state index contributed by atoms with van der Waals surface area (Å²) in [6.07, 6.45) is 3.75. The van der Waals surface area contributed by atoms with Crippen molar-refractivity contribution < 1.29 is 18.0 Å². The van der Waals surface area contributed by atoms with E-state index in [1.807, 2.05) is 36.4 Å². The van der Waals surface area contributed by atoms with Gasteiger partial charge in [-0.3, -0.25) is 4.79 Å². The lowest BCUT2D eigenvalue weighted by molar-refractivity contribution is -0.144. The molecule has 1 heterocycles. The largest absolute Gasteiger partial charge is 0.452 e. The molecule has 0 atom stereocenters. The van der Waals surface area contributed by atoms with E-state index in [9.17, 15) is 18.0 Å². The molecular formula is C31H41F3N6OS. The van der Waals surface area contributed by atoms with E-state index in [2.05, 4.69) is 38.7 Å². The number of rotatable bonds is 13. The number of carbonyl (C=O) groups is 1. The Morgan fingerprint density at radius 2 is 1.86 bits per heavy atom. The number of nitrogens with two attached hydrogens (primary N) is 1. The number of aromatic nitrogens is 2. The maximum atomic E-state index is 13.3. The van der Waals surface area contributed by atoms with Gasteiger partial charge in [-0.05, 0) is 67.5 Å². The first kappa shape index (κ1) is 31.7. The number of benzene rings is 2. The van der Waals surface area contributed by atoms with E-state index >= 15 is 0 Å². The van der Waals surface area contributed by atoms with Crippen LogP contribution in [0.2, 0.25) is 0 Å². The second kappa shape index (κ2) is 14.8. The van der Waals surface area contributed by atoms with Crippen molar-refractivity contribution in [3.8, 4) is 11.1 Å². The molecule has 1 amide bonds. The second-order valence-corrected chi connectivity index (χ2v) is 12.0. The van der Waals surface area contributed by atoms with Gasteiger partial charge in [0.1, 0.15) is 0 Å². The minimum atomic E-state index is -4.62. The molecule has 1 aliphatic carbocycles. The molecule has 2 aromatic carbocycles. The number of nitrogens with one attached hydrogen (secondary N) is 2. The highest BCUT2D eigenvalue weighted by Crippen LogP contribution is 2.39. The van der Waals surface area contributed by atoms with Crippen LogP contribution in [0.1, 0.15) is 81.4 Å². The van der Waals surface area contributed by atoms with Crippen LogP contribution in [-0.4, -0.2) is 40.9 Å². The van der Waals surface area contributed by atoms with Crippen molar-refractivity contribution in [3.05, 3.63) is 53.9 Å². The molecule has 4 rings (SSSR count). The van der Waals surface area contributed by atoms with Crippen LogP contribution in [0.25, 0.3) is 11.1 Å². The number of nitrogens with zero attached hydrogens (tertiary/aromatic N) is 3. The topological polar surface area (TPSA) is 96.2 Å². The van der Waals surface area contributed by atoms with Gasteiger partial charge in [-0.25, -0.2) is 0 Å². The maximum absolute atomic E-state index is 13.3. The Balaban J connectivity index is 1.71. The molecule has 0 spiro atoms. The average Bonchev–Trinajstić information content (AvgIpc) is 3.46. The van der Waals surface area contributed by atoms with Gasteiger partial charge in [0, 0.05) is 36.2 Å². The Kier molecular flexibility index (Phi) is 11.2. The van der Waals surface area contributed by atoms with E-state index in [4.69, 9.17) is 5.73 Å². The van der Waals surface area contributed by atoms with Crippen LogP contribution in [-0.2, 0) is 6.18 Å². The molecule has 0 saturated heterocycles. The van der Waals surface area contributed by atoms with Gasteiger partial charge in [-0.15, -0.1) is 0 Å². The third-order valence-electron chi connectivity index (χ3n) is 7.45. The Morgan fingerprint density at radius 1 is 1.10 bits per heavy atom. The lowest BCUT2D eigenvalue weighted by Crippen LogP contribution is -2.39. The third kappa shape index (κ3) is 8.44. The highest BCUT2D eigenvalue weighted by atomic mass is 32.1. The maximum Gasteiger partial charge on any atom is 0.452 e. The molecule has 7 nitrogen and oxygen atoms in total. The van der Waals surface area contributed by atoms with Gasteiger partial charge in [-0.2, -0.15) is 22.5 Å². The number of alkyl halides is 3. The van der Waals surface area contributed by atoms with Crippen molar-refractivity contribution in [2.24, 2.45) is 11.7 Å². The molecule has 3 aromatic rings. The van der Waals surface area contributed by atoms with Crippen molar-refractivity contribution in [2.75, 3.05) is 29.9 Å². The zero-order valence-corrected chi connectivity index (χ0v) is 25.2. The zero-order valence-electron chi connectivity index (χ0n) is 24.3. The molecule has 1 fully saturated rings. The lowest BCUT2D eigenvalue weighted by atomic mass is 9.92. The van der Waals surface area contributed by atoms with Crippen molar-refractivity contribution in [2.45, 2.75) is 77.4 Å². The van der Waals surface area contributed by atoms with Gasteiger partial charge in [0.25, 0.3) is 5.91 Å². The minimum absolute atomic E-state index is 0.0670. The summed E-state index contributed by atoms with van der Waals surface area (Å²) in [6, 6.07) is 13.6. The van der Waals surface area contributed by atoms with E-state index in [1.54, 1.807) is 6.07 Å². The zero-order chi connectivity index (χ0) is 30.1. The summed E-state index contributed by atoms with van der Waals surface area (Å²) in [7, 11) is 0. The number of carbonyl (C=O) groups excluding carboxylic acids is 1. The highest BCUT2D eigenvalue weighted by Gasteiger charge is 2.36. The first-order valence-electron chi connectivity index (χ1n) is 14.8. The quantitative estimate of drug-likeness (QED) is 0.174. The first-order valence-corrected chi connectivity index (χ1v) is 15.6. The fourth-order valence-electron chi connectivity index (χ4n) is 5.47. The van der Waals surface area contributed by atoms with Gasteiger partial charge in [0.15, 0.2) is 0 Å². The fourth-order valence-corrected chi connectivity index (χ4v) is 6.07. The molecule has 0 aliphatic heterocycles. The molecule has 228 valence electrons. The predicted molar refractivity (Wildman–Crippen MR) is 164 cm³/mol.